The van der Waals surface area contributed by atoms with E-state index in [0.29, 0.717) is 23.6 Å². The Morgan fingerprint density at radius 3 is 2.85 bits per heavy atom. The van der Waals surface area contributed by atoms with Crippen molar-refractivity contribution < 1.29 is 22.4 Å². The Kier molecular flexibility index (Phi) is 5.10. The molecule has 1 N–H and O–H groups in total. The highest BCUT2D eigenvalue weighted by Crippen LogP contribution is 2.33. The van der Waals surface area contributed by atoms with E-state index in [-0.39, 0.29) is 18.6 Å². The quantitative estimate of drug-likeness (QED) is 0.829. The van der Waals surface area contributed by atoms with Gasteiger partial charge in [-0.3, -0.25) is 9.52 Å². The standard InChI is InChI=1S/C17H19N3O5S/c1-24-11-17(21)20-15(16-7-4-8-25-16)10-14(18-20)12-5-3-6-13(9-12)19-26(2,22)23/h3-9,15,19H,10-11H2,1-2H3/t15-/m1/s1. The van der Waals surface area contributed by atoms with Gasteiger partial charge in [0, 0.05) is 19.2 Å². The molecule has 2 aromatic rings. The molecule has 1 amide bonds. The van der Waals surface area contributed by atoms with Crippen LogP contribution in [0, 0.1) is 0 Å². The van der Waals surface area contributed by atoms with Crippen LogP contribution in [0.1, 0.15) is 23.8 Å². The summed E-state index contributed by atoms with van der Waals surface area (Å²) in [5.74, 6) is 0.341. The molecule has 0 radical (unpaired) electrons. The highest BCUT2D eigenvalue weighted by Gasteiger charge is 2.34. The molecule has 26 heavy (non-hydrogen) atoms. The number of carbonyl (C=O) groups excluding carboxylic acids is 1. The van der Waals surface area contributed by atoms with Crippen LogP contribution in [0.5, 0.6) is 0 Å². The van der Waals surface area contributed by atoms with E-state index in [9.17, 15) is 13.2 Å². The van der Waals surface area contributed by atoms with E-state index < -0.39 is 10.0 Å². The fourth-order valence-corrected chi connectivity index (χ4v) is 3.34. The largest absolute Gasteiger partial charge is 0.467 e. The van der Waals surface area contributed by atoms with E-state index in [1.807, 2.05) is 6.07 Å². The number of amides is 1. The van der Waals surface area contributed by atoms with Gasteiger partial charge in [-0.15, -0.1) is 0 Å². The SMILES string of the molecule is COCC(=O)N1N=C(c2cccc(NS(C)(=O)=O)c2)C[C@@H]1c1ccco1. The summed E-state index contributed by atoms with van der Waals surface area (Å²) in [5.41, 5.74) is 1.82. The number of carbonyl (C=O) groups is 1. The van der Waals surface area contributed by atoms with Crippen molar-refractivity contribution in [3.8, 4) is 0 Å². The number of nitrogens with one attached hydrogen (secondary N) is 1. The third-order valence-corrected chi connectivity index (χ3v) is 4.41. The minimum Gasteiger partial charge on any atom is -0.467 e. The minimum atomic E-state index is -3.38. The van der Waals surface area contributed by atoms with Crippen LogP contribution in [-0.4, -0.2) is 45.0 Å². The summed E-state index contributed by atoms with van der Waals surface area (Å²) in [4.78, 5) is 12.3. The molecule has 0 spiro atoms. The van der Waals surface area contributed by atoms with Crippen LogP contribution in [0.3, 0.4) is 0 Å². The summed E-state index contributed by atoms with van der Waals surface area (Å²) in [6.07, 6.45) is 3.08. The molecule has 138 valence electrons. The Balaban J connectivity index is 1.91. The molecule has 1 atom stereocenters. The summed E-state index contributed by atoms with van der Waals surface area (Å²) in [6.45, 7) is -0.0936. The highest BCUT2D eigenvalue weighted by molar-refractivity contribution is 7.92. The second kappa shape index (κ2) is 7.30. The molecular formula is C17H19N3O5S. The predicted molar refractivity (Wildman–Crippen MR) is 96.2 cm³/mol. The van der Waals surface area contributed by atoms with E-state index in [0.717, 1.165) is 11.8 Å². The minimum absolute atomic E-state index is 0.0936. The van der Waals surface area contributed by atoms with Gasteiger partial charge >= 0.3 is 0 Å². The third-order valence-electron chi connectivity index (χ3n) is 3.80. The van der Waals surface area contributed by atoms with Crippen molar-refractivity contribution in [2.45, 2.75) is 12.5 Å². The fraction of sp³-hybridized carbons (Fsp3) is 0.294. The molecule has 0 unspecified atom stereocenters. The van der Waals surface area contributed by atoms with Crippen molar-refractivity contribution >= 4 is 27.3 Å². The molecule has 0 bridgehead atoms. The maximum atomic E-state index is 12.3. The molecule has 0 fully saturated rings. The Morgan fingerprint density at radius 2 is 2.19 bits per heavy atom. The van der Waals surface area contributed by atoms with Crippen molar-refractivity contribution in [3.05, 3.63) is 54.0 Å². The molecule has 0 saturated carbocycles. The van der Waals surface area contributed by atoms with Crippen LogP contribution in [-0.2, 0) is 19.6 Å². The maximum Gasteiger partial charge on any atom is 0.269 e. The zero-order valence-corrected chi connectivity index (χ0v) is 15.2. The number of benzene rings is 1. The molecule has 3 rings (SSSR count). The Labute approximate surface area is 151 Å². The van der Waals surface area contributed by atoms with E-state index in [1.54, 1.807) is 36.6 Å². The van der Waals surface area contributed by atoms with Crippen molar-refractivity contribution in [2.75, 3.05) is 24.7 Å². The molecule has 1 aromatic carbocycles. The number of methoxy groups -OCH3 is 1. The lowest BCUT2D eigenvalue weighted by Gasteiger charge is -2.19. The number of hydrogen-bond acceptors (Lipinski definition) is 6. The Morgan fingerprint density at radius 1 is 1.38 bits per heavy atom. The number of furan rings is 1. The summed E-state index contributed by atoms with van der Waals surface area (Å²) in [5, 5.41) is 5.79. The molecule has 2 heterocycles. The van der Waals surface area contributed by atoms with Gasteiger partial charge in [0.1, 0.15) is 18.4 Å². The van der Waals surface area contributed by atoms with Crippen LogP contribution in [0.15, 0.2) is 52.2 Å². The predicted octanol–water partition coefficient (Wildman–Crippen LogP) is 1.98. The Hall–Kier alpha value is -2.65. The van der Waals surface area contributed by atoms with Crippen LogP contribution >= 0.6 is 0 Å². The molecular weight excluding hydrogens is 358 g/mol. The molecule has 8 nitrogen and oxygen atoms in total. The normalized spacial score (nSPS) is 17.2. The topological polar surface area (TPSA) is 101 Å². The summed E-state index contributed by atoms with van der Waals surface area (Å²) in [6, 6.07) is 10.1. The van der Waals surface area contributed by atoms with Gasteiger partial charge in [-0.25, -0.2) is 13.4 Å². The number of anilines is 1. The van der Waals surface area contributed by atoms with E-state index in [1.165, 1.54) is 12.1 Å². The number of nitrogens with zero attached hydrogens (tertiary/aromatic N) is 2. The number of sulfonamides is 1. The average molecular weight is 377 g/mol. The summed E-state index contributed by atoms with van der Waals surface area (Å²) in [7, 11) is -1.94. The van der Waals surface area contributed by atoms with Gasteiger partial charge in [-0.2, -0.15) is 5.10 Å². The van der Waals surface area contributed by atoms with Crippen LogP contribution < -0.4 is 4.72 Å². The van der Waals surface area contributed by atoms with Gasteiger partial charge in [0.2, 0.25) is 10.0 Å². The lowest BCUT2D eigenvalue weighted by molar-refractivity contribution is -0.137. The monoisotopic (exact) mass is 377 g/mol. The van der Waals surface area contributed by atoms with Gasteiger partial charge in [0.25, 0.3) is 5.91 Å². The fourth-order valence-electron chi connectivity index (χ4n) is 2.78. The number of hydrazone groups is 1. The Bertz CT molecular complexity index is 922. The van der Waals surface area contributed by atoms with Crippen LogP contribution in [0.4, 0.5) is 5.69 Å². The first-order chi connectivity index (χ1) is 12.4. The van der Waals surface area contributed by atoms with Crippen molar-refractivity contribution in [1.29, 1.82) is 0 Å². The summed E-state index contributed by atoms with van der Waals surface area (Å²) < 4.78 is 35.7. The molecule has 9 heteroatoms. The lowest BCUT2D eigenvalue weighted by atomic mass is 10.0. The molecule has 0 aliphatic carbocycles. The maximum absolute atomic E-state index is 12.3. The van der Waals surface area contributed by atoms with Gasteiger partial charge in [0.05, 0.1) is 18.2 Å². The van der Waals surface area contributed by atoms with Crippen molar-refractivity contribution in [1.82, 2.24) is 5.01 Å². The number of ether oxygens (including phenoxy) is 1. The van der Waals surface area contributed by atoms with E-state index in [4.69, 9.17) is 9.15 Å². The number of rotatable bonds is 6. The van der Waals surface area contributed by atoms with Crippen LogP contribution in [0.2, 0.25) is 0 Å². The molecule has 1 aliphatic rings. The first-order valence-corrected chi connectivity index (χ1v) is 9.76. The van der Waals surface area contributed by atoms with Gasteiger partial charge in [-0.1, -0.05) is 12.1 Å². The second-order valence-electron chi connectivity index (χ2n) is 5.91. The zero-order chi connectivity index (χ0) is 18.7. The first kappa shape index (κ1) is 18.2. The van der Waals surface area contributed by atoms with Gasteiger partial charge < -0.3 is 9.15 Å². The number of hydrogen-bond donors (Lipinski definition) is 1. The van der Waals surface area contributed by atoms with Gasteiger partial charge in [0.15, 0.2) is 0 Å². The lowest BCUT2D eigenvalue weighted by Crippen LogP contribution is -2.29. The smallest absolute Gasteiger partial charge is 0.269 e. The van der Waals surface area contributed by atoms with Gasteiger partial charge in [-0.05, 0) is 29.8 Å². The van der Waals surface area contributed by atoms with Crippen molar-refractivity contribution in [2.24, 2.45) is 5.10 Å². The molecule has 1 aliphatic heterocycles. The van der Waals surface area contributed by atoms with Crippen molar-refractivity contribution in [3.63, 3.8) is 0 Å². The average Bonchev–Trinajstić information content (AvgIpc) is 3.23. The molecule has 1 aromatic heterocycles. The highest BCUT2D eigenvalue weighted by atomic mass is 32.2. The first-order valence-electron chi connectivity index (χ1n) is 7.87. The third kappa shape index (κ3) is 4.12. The van der Waals surface area contributed by atoms with Crippen LogP contribution in [0.25, 0.3) is 0 Å². The van der Waals surface area contributed by atoms with E-state index >= 15 is 0 Å². The zero-order valence-electron chi connectivity index (χ0n) is 14.4. The van der Waals surface area contributed by atoms with E-state index in [2.05, 4.69) is 9.82 Å². The molecule has 0 saturated heterocycles. The second-order valence-corrected chi connectivity index (χ2v) is 7.66. The summed E-state index contributed by atoms with van der Waals surface area (Å²) >= 11 is 0.